The Labute approximate surface area is 125 Å². The molecule has 0 bridgehead atoms. The van der Waals surface area contributed by atoms with Crippen molar-refractivity contribution in [2.75, 3.05) is 13.7 Å². The van der Waals surface area contributed by atoms with Crippen LogP contribution in [0.15, 0.2) is 34.9 Å². The molecule has 21 heavy (non-hydrogen) atoms. The average Bonchev–Trinajstić information content (AvgIpc) is 2.96. The van der Waals surface area contributed by atoms with Crippen molar-refractivity contribution >= 4 is 0 Å². The van der Waals surface area contributed by atoms with Crippen LogP contribution in [0, 0.1) is 5.82 Å². The third kappa shape index (κ3) is 3.45. The summed E-state index contributed by atoms with van der Waals surface area (Å²) in [6.07, 6.45) is 3.47. The first-order valence-corrected chi connectivity index (χ1v) is 7.34. The lowest BCUT2D eigenvalue weighted by atomic mass is 9.97. The van der Waals surface area contributed by atoms with Gasteiger partial charge in [0.05, 0.1) is 19.4 Å². The zero-order valence-corrected chi connectivity index (χ0v) is 12.8. The molecule has 0 radical (unpaired) electrons. The summed E-state index contributed by atoms with van der Waals surface area (Å²) < 4.78 is 24.6. The SMILES string of the molecule is CCCNC(c1cc(F)ccc1OC)c1ccoc1CC. The van der Waals surface area contributed by atoms with Gasteiger partial charge in [-0.3, -0.25) is 0 Å². The Morgan fingerprint density at radius 2 is 2.05 bits per heavy atom. The summed E-state index contributed by atoms with van der Waals surface area (Å²) in [6.45, 7) is 4.98. The van der Waals surface area contributed by atoms with E-state index in [1.807, 2.05) is 13.0 Å². The molecule has 1 unspecified atom stereocenters. The number of benzene rings is 1. The van der Waals surface area contributed by atoms with Crippen LogP contribution >= 0.6 is 0 Å². The Morgan fingerprint density at radius 3 is 2.71 bits per heavy atom. The lowest BCUT2D eigenvalue weighted by Crippen LogP contribution is -2.24. The number of nitrogens with one attached hydrogen (secondary N) is 1. The van der Waals surface area contributed by atoms with Crippen LogP contribution in [0.1, 0.15) is 43.2 Å². The van der Waals surface area contributed by atoms with Crippen molar-refractivity contribution < 1.29 is 13.5 Å². The Balaban J connectivity index is 2.47. The van der Waals surface area contributed by atoms with E-state index in [0.29, 0.717) is 5.75 Å². The second-order valence-electron chi connectivity index (χ2n) is 4.93. The molecule has 0 saturated carbocycles. The van der Waals surface area contributed by atoms with Gasteiger partial charge in [0.25, 0.3) is 0 Å². The fourth-order valence-electron chi connectivity index (χ4n) is 2.50. The van der Waals surface area contributed by atoms with Crippen LogP contribution in [0.4, 0.5) is 4.39 Å². The number of ether oxygens (including phenoxy) is 1. The summed E-state index contributed by atoms with van der Waals surface area (Å²) >= 11 is 0. The van der Waals surface area contributed by atoms with Gasteiger partial charge in [0.2, 0.25) is 0 Å². The van der Waals surface area contributed by atoms with E-state index in [1.165, 1.54) is 12.1 Å². The van der Waals surface area contributed by atoms with Crippen molar-refractivity contribution in [1.82, 2.24) is 5.32 Å². The van der Waals surface area contributed by atoms with Crippen molar-refractivity contribution in [3.63, 3.8) is 0 Å². The number of methoxy groups -OCH3 is 1. The molecular weight excluding hydrogens is 269 g/mol. The molecule has 1 atom stereocenters. The second kappa shape index (κ2) is 7.27. The normalized spacial score (nSPS) is 12.4. The summed E-state index contributed by atoms with van der Waals surface area (Å²) in [4.78, 5) is 0. The minimum atomic E-state index is -0.268. The largest absolute Gasteiger partial charge is 0.496 e. The highest BCUT2D eigenvalue weighted by Gasteiger charge is 2.22. The van der Waals surface area contributed by atoms with Crippen molar-refractivity contribution in [2.24, 2.45) is 0 Å². The van der Waals surface area contributed by atoms with Crippen LogP contribution in [0.5, 0.6) is 5.75 Å². The van der Waals surface area contributed by atoms with Crippen molar-refractivity contribution in [2.45, 2.75) is 32.7 Å². The van der Waals surface area contributed by atoms with Gasteiger partial charge in [-0.1, -0.05) is 13.8 Å². The average molecular weight is 291 g/mol. The fourth-order valence-corrected chi connectivity index (χ4v) is 2.50. The molecule has 0 amide bonds. The predicted molar refractivity (Wildman–Crippen MR) is 81.2 cm³/mol. The van der Waals surface area contributed by atoms with Crippen LogP contribution < -0.4 is 10.1 Å². The molecule has 4 heteroatoms. The maximum absolute atomic E-state index is 13.7. The summed E-state index contributed by atoms with van der Waals surface area (Å²) in [5.41, 5.74) is 1.83. The zero-order chi connectivity index (χ0) is 15.2. The van der Waals surface area contributed by atoms with Crippen LogP contribution in [-0.2, 0) is 6.42 Å². The van der Waals surface area contributed by atoms with Crippen molar-refractivity contribution in [3.8, 4) is 5.75 Å². The van der Waals surface area contributed by atoms with Gasteiger partial charge in [-0.2, -0.15) is 0 Å². The van der Waals surface area contributed by atoms with Crippen LogP contribution in [0.3, 0.4) is 0 Å². The van der Waals surface area contributed by atoms with Gasteiger partial charge in [0.1, 0.15) is 17.3 Å². The van der Waals surface area contributed by atoms with Gasteiger partial charge < -0.3 is 14.5 Å². The van der Waals surface area contributed by atoms with E-state index < -0.39 is 0 Å². The molecule has 0 spiro atoms. The first-order chi connectivity index (χ1) is 10.2. The molecule has 2 rings (SSSR count). The molecule has 1 aromatic carbocycles. The zero-order valence-electron chi connectivity index (χ0n) is 12.8. The van der Waals surface area contributed by atoms with E-state index >= 15 is 0 Å². The highest BCUT2D eigenvalue weighted by Crippen LogP contribution is 2.33. The third-order valence-corrected chi connectivity index (χ3v) is 3.51. The van der Waals surface area contributed by atoms with Gasteiger partial charge in [0, 0.05) is 17.5 Å². The highest BCUT2D eigenvalue weighted by molar-refractivity contribution is 5.42. The number of furan rings is 1. The topological polar surface area (TPSA) is 34.4 Å². The molecule has 0 aliphatic rings. The fraction of sp³-hybridized carbons (Fsp3) is 0.412. The standard InChI is InChI=1S/C17H22FNO2/c1-4-9-19-17(13-8-10-21-15(13)5-2)14-11-12(18)6-7-16(14)20-3/h6-8,10-11,17,19H,4-5,9H2,1-3H3. The highest BCUT2D eigenvalue weighted by atomic mass is 19.1. The molecule has 0 aliphatic carbocycles. The molecule has 1 N–H and O–H groups in total. The van der Waals surface area contributed by atoms with E-state index in [9.17, 15) is 4.39 Å². The Bertz CT molecular complexity index is 580. The lowest BCUT2D eigenvalue weighted by molar-refractivity contribution is 0.401. The summed E-state index contributed by atoms with van der Waals surface area (Å²) in [5.74, 6) is 1.32. The quantitative estimate of drug-likeness (QED) is 0.834. The first kappa shape index (κ1) is 15.6. The minimum absolute atomic E-state index is 0.135. The van der Waals surface area contributed by atoms with Gasteiger partial charge in [-0.15, -0.1) is 0 Å². The maximum Gasteiger partial charge on any atom is 0.124 e. The number of halogens is 1. The summed E-state index contributed by atoms with van der Waals surface area (Å²) in [6, 6.07) is 6.41. The van der Waals surface area contributed by atoms with Crippen LogP contribution in [-0.4, -0.2) is 13.7 Å². The summed E-state index contributed by atoms with van der Waals surface area (Å²) in [5, 5.41) is 3.46. The smallest absolute Gasteiger partial charge is 0.124 e. The molecule has 0 fully saturated rings. The van der Waals surface area contributed by atoms with Crippen LogP contribution in [0.25, 0.3) is 0 Å². The predicted octanol–water partition coefficient (Wildman–Crippen LogP) is 4.08. The molecule has 3 nitrogen and oxygen atoms in total. The molecule has 2 aromatic rings. The van der Waals surface area contributed by atoms with Gasteiger partial charge in [-0.25, -0.2) is 4.39 Å². The van der Waals surface area contributed by atoms with E-state index in [0.717, 1.165) is 36.3 Å². The molecule has 1 heterocycles. The van der Waals surface area contributed by atoms with E-state index in [2.05, 4.69) is 12.2 Å². The monoisotopic (exact) mass is 291 g/mol. The minimum Gasteiger partial charge on any atom is -0.496 e. The molecular formula is C17H22FNO2. The van der Waals surface area contributed by atoms with Crippen molar-refractivity contribution in [3.05, 3.63) is 53.2 Å². The Hall–Kier alpha value is -1.81. The van der Waals surface area contributed by atoms with E-state index in [1.54, 1.807) is 19.4 Å². The van der Waals surface area contributed by atoms with E-state index in [-0.39, 0.29) is 11.9 Å². The Morgan fingerprint density at radius 1 is 1.24 bits per heavy atom. The van der Waals surface area contributed by atoms with Gasteiger partial charge in [-0.05, 0) is 37.2 Å². The summed E-state index contributed by atoms with van der Waals surface area (Å²) in [7, 11) is 1.60. The third-order valence-electron chi connectivity index (χ3n) is 3.51. The molecule has 114 valence electrons. The van der Waals surface area contributed by atoms with Gasteiger partial charge in [0.15, 0.2) is 0 Å². The van der Waals surface area contributed by atoms with Crippen molar-refractivity contribution in [1.29, 1.82) is 0 Å². The molecule has 0 aliphatic heterocycles. The van der Waals surface area contributed by atoms with E-state index in [4.69, 9.17) is 9.15 Å². The number of hydrogen-bond donors (Lipinski definition) is 1. The molecule has 1 aromatic heterocycles. The van der Waals surface area contributed by atoms with Gasteiger partial charge >= 0.3 is 0 Å². The number of rotatable bonds is 7. The maximum atomic E-state index is 13.7. The number of hydrogen-bond acceptors (Lipinski definition) is 3. The van der Waals surface area contributed by atoms with Crippen LogP contribution in [0.2, 0.25) is 0 Å². The lowest BCUT2D eigenvalue weighted by Gasteiger charge is -2.21. The Kier molecular flexibility index (Phi) is 5.39. The molecule has 0 saturated heterocycles. The number of aryl methyl sites for hydroxylation is 1. The first-order valence-electron chi connectivity index (χ1n) is 7.34. The second-order valence-corrected chi connectivity index (χ2v) is 4.93.